The first-order valence-electron chi connectivity index (χ1n) is 7.75. The summed E-state index contributed by atoms with van der Waals surface area (Å²) in [4.78, 5) is 41.7. The third-order valence-corrected chi connectivity index (χ3v) is 5.09. The smallest absolute Gasteiger partial charge is 0.330 e. The van der Waals surface area contributed by atoms with Gasteiger partial charge in [-0.3, -0.25) is 24.0 Å². The van der Waals surface area contributed by atoms with Gasteiger partial charge in [0.1, 0.15) is 11.4 Å². The van der Waals surface area contributed by atoms with Crippen LogP contribution < -0.4 is 17.0 Å². The summed E-state index contributed by atoms with van der Waals surface area (Å²) in [5.41, 5.74) is 4.31. The summed E-state index contributed by atoms with van der Waals surface area (Å²) in [6.45, 7) is 2.37. The average molecular weight is 366 g/mol. The first-order chi connectivity index (χ1) is 11.9. The number of carbonyl (C=O) groups excluding carboxylic acids is 1. The molecule has 0 radical (unpaired) electrons. The van der Waals surface area contributed by atoms with Crippen molar-refractivity contribution >= 4 is 22.9 Å². The van der Waals surface area contributed by atoms with Crippen molar-refractivity contribution in [2.45, 2.75) is 19.5 Å². The van der Waals surface area contributed by atoms with E-state index in [2.05, 4.69) is 4.98 Å². The SMILES string of the molecule is COCCn1c(N)c(C(=O)CN(C)C(C)c2cccs2)c(=O)[nH]c1=O. The second kappa shape index (κ2) is 8.24. The molecule has 0 bridgehead atoms. The molecule has 8 nitrogen and oxygen atoms in total. The van der Waals surface area contributed by atoms with E-state index >= 15 is 0 Å². The maximum atomic E-state index is 12.6. The Bertz CT molecular complexity index is 841. The molecule has 0 aliphatic heterocycles. The number of ether oxygens (including phenoxy) is 1. The van der Waals surface area contributed by atoms with E-state index < -0.39 is 17.0 Å². The van der Waals surface area contributed by atoms with Gasteiger partial charge in [0.2, 0.25) is 0 Å². The molecule has 2 aromatic rings. The number of hydrogen-bond donors (Lipinski definition) is 2. The standard InChI is InChI=1S/C16H22N4O4S/c1-10(12-5-4-8-25-12)19(2)9-11(21)13-14(17)20(6-7-24-3)16(23)18-15(13)22/h4-5,8,10H,6-7,9,17H2,1-3H3,(H,18,22,23). The normalized spacial score (nSPS) is 12.5. The van der Waals surface area contributed by atoms with E-state index in [-0.39, 0.29) is 37.1 Å². The lowest BCUT2D eigenvalue weighted by Crippen LogP contribution is -2.39. The first kappa shape index (κ1) is 19.1. The number of methoxy groups -OCH3 is 1. The van der Waals surface area contributed by atoms with Gasteiger partial charge < -0.3 is 10.5 Å². The maximum absolute atomic E-state index is 12.6. The first-order valence-corrected chi connectivity index (χ1v) is 8.63. The van der Waals surface area contributed by atoms with E-state index in [1.807, 2.05) is 29.3 Å². The number of anilines is 1. The summed E-state index contributed by atoms with van der Waals surface area (Å²) in [7, 11) is 3.29. The summed E-state index contributed by atoms with van der Waals surface area (Å²) >= 11 is 1.60. The lowest BCUT2D eigenvalue weighted by atomic mass is 10.1. The minimum absolute atomic E-state index is 0.00876. The van der Waals surface area contributed by atoms with Crippen molar-refractivity contribution in [1.82, 2.24) is 14.5 Å². The number of hydrogen-bond acceptors (Lipinski definition) is 7. The van der Waals surface area contributed by atoms with Crippen LogP contribution in [0.2, 0.25) is 0 Å². The summed E-state index contributed by atoms with van der Waals surface area (Å²) in [5, 5.41) is 1.97. The number of aromatic nitrogens is 2. The number of nitrogens with zero attached hydrogens (tertiary/aromatic N) is 2. The van der Waals surface area contributed by atoms with Crippen LogP contribution in [-0.2, 0) is 11.3 Å². The molecule has 0 amide bonds. The van der Waals surface area contributed by atoms with Crippen LogP contribution in [0.1, 0.15) is 28.2 Å². The monoisotopic (exact) mass is 366 g/mol. The molecule has 25 heavy (non-hydrogen) atoms. The summed E-state index contributed by atoms with van der Waals surface area (Å²) in [6.07, 6.45) is 0. The molecule has 1 atom stereocenters. The predicted octanol–water partition coefficient (Wildman–Crippen LogP) is 0.702. The van der Waals surface area contributed by atoms with E-state index in [0.717, 1.165) is 9.44 Å². The van der Waals surface area contributed by atoms with E-state index in [0.29, 0.717) is 0 Å². The van der Waals surface area contributed by atoms with E-state index in [4.69, 9.17) is 10.5 Å². The molecule has 0 spiro atoms. The summed E-state index contributed by atoms with van der Waals surface area (Å²) in [5.74, 6) is -0.566. The molecule has 2 aromatic heterocycles. The van der Waals surface area contributed by atoms with Crippen molar-refractivity contribution in [1.29, 1.82) is 0 Å². The van der Waals surface area contributed by atoms with Gasteiger partial charge in [0.15, 0.2) is 5.78 Å². The van der Waals surface area contributed by atoms with Gasteiger partial charge in [-0.25, -0.2) is 4.79 Å². The minimum atomic E-state index is -0.765. The Labute approximate surface area is 148 Å². The second-order valence-electron chi connectivity index (χ2n) is 5.69. The number of Topliss-reactive ketones (excluding diaryl/α,β-unsaturated/α-hetero) is 1. The van der Waals surface area contributed by atoms with Crippen LogP contribution in [-0.4, -0.2) is 47.5 Å². The molecule has 0 aromatic carbocycles. The molecular weight excluding hydrogens is 344 g/mol. The highest BCUT2D eigenvalue weighted by atomic mass is 32.1. The Morgan fingerprint density at radius 1 is 1.48 bits per heavy atom. The lowest BCUT2D eigenvalue weighted by Gasteiger charge is -2.23. The van der Waals surface area contributed by atoms with Gasteiger partial charge in [0.25, 0.3) is 5.56 Å². The highest BCUT2D eigenvalue weighted by Gasteiger charge is 2.22. The number of nitrogen functional groups attached to an aromatic ring is 1. The number of likely N-dealkylation sites (N-methyl/N-ethyl adjacent to an activating group) is 1. The molecule has 0 saturated heterocycles. The number of nitrogens with one attached hydrogen (secondary N) is 1. The Morgan fingerprint density at radius 2 is 2.20 bits per heavy atom. The molecule has 2 heterocycles. The number of thiophene rings is 1. The number of nitrogens with two attached hydrogens (primary N) is 1. The van der Waals surface area contributed by atoms with Gasteiger partial charge in [-0.05, 0) is 25.4 Å². The number of ketones is 1. The van der Waals surface area contributed by atoms with Crippen molar-refractivity contribution in [3.05, 3.63) is 48.8 Å². The molecule has 2 rings (SSSR count). The molecule has 1 unspecified atom stereocenters. The number of aromatic amines is 1. The fourth-order valence-corrected chi connectivity index (χ4v) is 3.30. The van der Waals surface area contributed by atoms with Crippen molar-refractivity contribution in [3.8, 4) is 0 Å². The average Bonchev–Trinajstić information content (AvgIpc) is 3.07. The van der Waals surface area contributed by atoms with E-state index in [1.165, 1.54) is 7.11 Å². The molecule has 9 heteroatoms. The molecule has 0 fully saturated rings. The van der Waals surface area contributed by atoms with Crippen LogP contribution in [0.4, 0.5) is 5.82 Å². The zero-order valence-electron chi connectivity index (χ0n) is 14.4. The fourth-order valence-electron chi connectivity index (χ4n) is 2.45. The topological polar surface area (TPSA) is 110 Å². The summed E-state index contributed by atoms with van der Waals surface area (Å²) < 4.78 is 6.06. The van der Waals surface area contributed by atoms with Crippen LogP contribution >= 0.6 is 11.3 Å². The largest absolute Gasteiger partial charge is 0.384 e. The quantitative estimate of drug-likeness (QED) is 0.666. The van der Waals surface area contributed by atoms with Gasteiger partial charge in [-0.2, -0.15) is 0 Å². The van der Waals surface area contributed by atoms with Gasteiger partial charge in [0, 0.05) is 18.0 Å². The van der Waals surface area contributed by atoms with Crippen LogP contribution in [0.15, 0.2) is 27.1 Å². The Balaban J connectivity index is 2.26. The third-order valence-electron chi connectivity index (χ3n) is 4.05. The molecule has 0 saturated carbocycles. The minimum Gasteiger partial charge on any atom is -0.384 e. The molecule has 0 aliphatic carbocycles. The number of carbonyl (C=O) groups is 1. The predicted molar refractivity (Wildman–Crippen MR) is 97.3 cm³/mol. The molecule has 136 valence electrons. The van der Waals surface area contributed by atoms with E-state index in [9.17, 15) is 14.4 Å². The highest BCUT2D eigenvalue weighted by molar-refractivity contribution is 7.10. The van der Waals surface area contributed by atoms with Crippen LogP contribution in [0.5, 0.6) is 0 Å². The van der Waals surface area contributed by atoms with Crippen LogP contribution in [0, 0.1) is 0 Å². The van der Waals surface area contributed by atoms with Crippen molar-refractivity contribution in [2.24, 2.45) is 0 Å². The molecule has 3 N–H and O–H groups in total. The van der Waals surface area contributed by atoms with Gasteiger partial charge >= 0.3 is 5.69 Å². The van der Waals surface area contributed by atoms with Crippen LogP contribution in [0.3, 0.4) is 0 Å². The molecule has 0 aliphatic rings. The van der Waals surface area contributed by atoms with Crippen molar-refractivity contribution < 1.29 is 9.53 Å². The van der Waals surface area contributed by atoms with E-state index in [1.54, 1.807) is 18.4 Å². The number of rotatable bonds is 8. The van der Waals surface area contributed by atoms with Crippen molar-refractivity contribution in [2.75, 3.05) is 33.0 Å². The molecular formula is C16H22N4O4S. The zero-order chi connectivity index (χ0) is 18.6. The lowest BCUT2D eigenvalue weighted by molar-refractivity contribution is 0.0924. The van der Waals surface area contributed by atoms with Crippen LogP contribution in [0.25, 0.3) is 0 Å². The maximum Gasteiger partial charge on any atom is 0.330 e. The third kappa shape index (κ3) is 4.25. The Kier molecular flexibility index (Phi) is 6.29. The van der Waals surface area contributed by atoms with Gasteiger partial charge in [-0.15, -0.1) is 11.3 Å². The highest BCUT2D eigenvalue weighted by Crippen LogP contribution is 2.23. The Hall–Kier alpha value is -2.23. The number of H-pyrrole nitrogens is 1. The Morgan fingerprint density at radius 3 is 2.80 bits per heavy atom. The van der Waals surface area contributed by atoms with Crippen molar-refractivity contribution in [3.63, 3.8) is 0 Å². The summed E-state index contributed by atoms with van der Waals surface area (Å²) in [6, 6.07) is 3.95. The van der Waals surface area contributed by atoms with Gasteiger partial charge in [0.05, 0.1) is 19.7 Å². The zero-order valence-corrected chi connectivity index (χ0v) is 15.3. The fraction of sp³-hybridized carbons (Fsp3) is 0.438. The van der Waals surface area contributed by atoms with Gasteiger partial charge in [-0.1, -0.05) is 6.07 Å². The second-order valence-corrected chi connectivity index (χ2v) is 6.67.